The minimum Gasteiger partial charge on any atom is -0.507 e. The molecule has 0 amide bonds. The highest BCUT2D eigenvalue weighted by molar-refractivity contribution is 8.18. The Morgan fingerprint density at radius 1 is 1.18 bits per heavy atom. The van der Waals surface area contributed by atoms with E-state index in [0.717, 1.165) is 11.1 Å². The maximum Gasteiger partial charge on any atom is 0.344 e. The quantitative estimate of drug-likeness (QED) is 0.696. The molecule has 0 atom stereocenters. The van der Waals surface area contributed by atoms with E-state index in [9.17, 15) is 15.0 Å². The molecule has 0 bridgehead atoms. The van der Waals surface area contributed by atoms with Crippen LogP contribution < -0.4 is 0 Å². The van der Waals surface area contributed by atoms with Crippen LogP contribution in [0.1, 0.15) is 23.6 Å². The van der Waals surface area contributed by atoms with E-state index in [4.69, 9.17) is 4.74 Å². The number of nitrogens with zero attached hydrogens (tertiary/aromatic N) is 1. The number of thioether (sulfide) groups is 1. The number of aliphatic hydroxyl groups is 1. The molecule has 0 spiro atoms. The number of carbonyl (C=O) groups is 1. The van der Waals surface area contributed by atoms with E-state index in [-0.39, 0.29) is 23.7 Å². The average molecular weight is 395 g/mol. The Kier molecular flexibility index (Phi) is 5.90. The van der Waals surface area contributed by atoms with Gasteiger partial charge < -0.3 is 14.9 Å². The summed E-state index contributed by atoms with van der Waals surface area (Å²) in [6.07, 6.45) is 1.64. The van der Waals surface area contributed by atoms with Crippen LogP contribution in [0, 0.1) is 13.8 Å². The highest BCUT2D eigenvalue weighted by Gasteiger charge is 2.33. The lowest BCUT2D eigenvalue weighted by Crippen LogP contribution is -2.12. The Hall–Kier alpha value is -2.99. The van der Waals surface area contributed by atoms with Gasteiger partial charge in [0.1, 0.15) is 22.1 Å². The largest absolute Gasteiger partial charge is 0.507 e. The third-order valence-electron chi connectivity index (χ3n) is 4.16. The Balaban J connectivity index is 2.08. The molecule has 2 N–H and O–H groups in total. The number of hydrogen-bond donors (Lipinski definition) is 2. The van der Waals surface area contributed by atoms with E-state index in [0.29, 0.717) is 21.2 Å². The molecule has 2 aromatic carbocycles. The zero-order chi connectivity index (χ0) is 20.3. The summed E-state index contributed by atoms with van der Waals surface area (Å²) in [5.41, 5.74) is 3.02. The van der Waals surface area contributed by atoms with Crippen molar-refractivity contribution in [2.45, 2.75) is 20.8 Å². The molecule has 0 aromatic heterocycles. The van der Waals surface area contributed by atoms with Crippen molar-refractivity contribution < 1.29 is 19.7 Å². The lowest BCUT2D eigenvalue weighted by molar-refractivity contribution is -0.138. The van der Waals surface area contributed by atoms with Crippen molar-refractivity contribution in [3.05, 3.63) is 75.4 Å². The van der Waals surface area contributed by atoms with Crippen LogP contribution in [0.25, 0.3) is 6.08 Å². The van der Waals surface area contributed by atoms with Gasteiger partial charge in [-0.3, -0.25) is 0 Å². The molecule has 1 aliphatic heterocycles. The lowest BCUT2D eigenvalue weighted by Gasteiger charge is -2.04. The summed E-state index contributed by atoms with van der Waals surface area (Å²) in [4.78, 5) is 17.4. The van der Waals surface area contributed by atoms with Gasteiger partial charge in [-0.25, -0.2) is 9.79 Å². The van der Waals surface area contributed by atoms with Crippen LogP contribution in [0.15, 0.2) is 63.7 Å². The van der Waals surface area contributed by atoms with Gasteiger partial charge in [-0.1, -0.05) is 42.1 Å². The van der Waals surface area contributed by atoms with E-state index in [1.807, 2.05) is 37.3 Å². The molecule has 0 saturated carbocycles. The Bertz CT molecular complexity index is 1020. The fraction of sp³-hybridized carbons (Fsp3) is 0.182. The number of rotatable bonds is 4. The van der Waals surface area contributed by atoms with Crippen LogP contribution in [-0.2, 0) is 9.53 Å². The number of para-hydroxylation sites is 1. The number of aromatic hydroxyl groups is 1. The van der Waals surface area contributed by atoms with Gasteiger partial charge in [0.15, 0.2) is 0 Å². The molecule has 0 unspecified atom stereocenters. The smallest absolute Gasteiger partial charge is 0.344 e. The fourth-order valence-electron chi connectivity index (χ4n) is 2.75. The van der Waals surface area contributed by atoms with Crippen LogP contribution in [0.3, 0.4) is 0 Å². The Morgan fingerprint density at radius 3 is 2.64 bits per heavy atom. The number of hydrogen-bond acceptors (Lipinski definition) is 6. The summed E-state index contributed by atoms with van der Waals surface area (Å²) in [6, 6.07) is 12.9. The highest BCUT2D eigenvalue weighted by atomic mass is 32.2. The van der Waals surface area contributed by atoms with E-state index < -0.39 is 5.97 Å². The second-order valence-electron chi connectivity index (χ2n) is 6.32. The van der Waals surface area contributed by atoms with Gasteiger partial charge >= 0.3 is 5.97 Å². The molecule has 0 saturated heterocycles. The fourth-order valence-corrected chi connectivity index (χ4v) is 3.77. The molecule has 5 nitrogen and oxygen atoms in total. The number of phenols is 1. The number of benzene rings is 2. The minimum atomic E-state index is -0.629. The van der Waals surface area contributed by atoms with Crippen molar-refractivity contribution in [3.8, 4) is 5.75 Å². The first-order valence-electron chi connectivity index (χ1n) is 8.85. The van der Waals surface area contributed by atoms with Crippen molar-refractivity contribution in [2.24, 2.45) is 4.99 Å². The van der Waals surface area contributed by atoms with E-state index >= 15 is 0 Å². The SMILES string of the molecule is CCOC(=O)C1=C(O)/C(=C\c2cccc(C)c2O)SC1=Nc1cccc(C)c1. The van der Waals surface area contributed by atoms with Crippen LogP contribution >= 0.6 is 11.8 Å². The standard InChI is InChI=1S/C22H21NO4S/c1-4-27-22(26)18-20(25)17(12-15-9-6-8-14(3)19(15)24)28-21(18)23-16-10-5-7-13(2)11-16/h5-12,24-25H,4H2,1-3H3/b17-12+,23-21?. The van der Waals surface area contributed by atoms with Crippen LogP contribution in [0.5, 0.6) is 5.75 Å². The molecule has 0 aliphatic carbocycles. The second-order valence-corrected chi connectivity index (χ2v) is 7.35. The predicted molar refractivity (Wildman–Crippen MR) is 113 cm³/mol. The van der Waals surface area contributed by atoms with E-state index in [1.165, 1.54) is 11.8 Å². The van der Waals surface area contributed by atoms with Gasteiger partial charge in [0.05, 0.1) is 17.2 Å². The molecule has 0 radical (unpaired) electrons. The van der Waals surface area contributed by atoms with Gasteiger partial charge in [-0.05, 0) is 50.1 Å². The summed E-state index contributed by atoms with van der Waals surface area (Å²) in [7, 11) is 0. The average Bonchev–Trinajstić information content (AvgIpc) is 2.94. The van der Waals surface area contributed by atoms with Gasteiger partial charge in [0.2, 0.25) is 0 Å². The van der Waals surface area contributed by atoms with Gasteiger partial charge in [-0.15, -0.1) is 0 Å². The molecule has 1 heterocycles. The topological polar surface area (TPSA) is 79.1 Å². The van der Waals surface area contributed by atoms with Crippen molar-refractivity contribution in [1.82, 2.24) is 0 Å². The number of carbonyl (C=O) groups excluding carboxylic acids is 1. The summed E-state index contributed by atoms with van der Waals surface area (Å²) < 4.78 is 5.10. The highest BCUT2D eigenvalue weighted by Crippen LogP contribution is 2.41. The first-order valence-corrected chi connectivity index (χ1v) is 9.67. The van der Waals surface area contributed by atoms with Crippen molar-refractivity contribution in [2.75, 3.05) is 6.61 Å². The summed E-state index contributed by atoms with van der Waals surface area (Å²) in [6.45, 7) is 5.65. The van der Waals surface area contributed by atoms with E-state index in [1.54, 1.807) is 32.1 Å². The summed E-state index contributed by atoms with van der Waals surface area (Å²) in [5.74, 6) is -0.698. The number of aliphatic imine (C=N–C) groups is 1. The first-order chi connectivity index (χ1) is 13.4. The first kappa shape index (κ1) is 19.8. The molecule has 0 fully saturated rings. The number of esters is 1. The van der Waals surface area contributed by atoms with E-state index in [2.05, 4.69) is 4.99 Å². The number of phenolic OH excluding ortho intramolecular Hbond substituents is 1. The Morgan fingerprint density at radius 2 is 1.93 bits per heavy atom. The monoisotopic (exact) mass is 395 g/mol. The zero-order valence-corrected chi connectivity index (χ0v) is 16.7. The molecule has 2 aromatic rings. The third kappa shape index (κ3) is 4.12. The van der Waals surface area contributed by atoms with Crippen LogP contribution in [0.2, 0.25) is 0 Å². The number of ether oxygens (including phenoxy) is 1. The van der Waals surface area contributed by atoms with Gasteiger partial charge in [0.25, 0.3) is 0 Å². The van der Waals surface area contributed by atoms with Crippen molar-refractivity contribution in [1.29, 1.82) is 0 Å². The molecule has 144 valence electrons. The molecule has 28 heavy (non-hydrogen) atoms. The maximum atomic E-state index is 12.4. The van der Waals surface area contributed by atoms with Crippen LogP contribution in [-0.4, -0.2) is 27.8 Å². The van der Waals surface area contributed by atoms with Gasteiger partial charge in [-0.2, -0.15) is 0 Å². The molecular weight excluding hydrogens is 374 g/mol. The summed E-state index contributed by atoms with van der Waals surface area (Å²) in [5, 5.41) is 21.3. The zero-order valence-electron chi connectivity index (χ0n) is 15.9. The maximum absolute atomic E-state index is 12.4. The molecular formula is C22H21NO4S. The normalized spacial score (nSPS) is 16.8. The van der Waals surface area contributed by atoms with Gasteiger partial charge in [0, 0.05) is 5.56 Å². The Labute approximate surface area is 168 Å². The third-order valence-corrected chi connectivity index (χ3v) is 5.18. The van der Waals surface area contributed by atoms with Crippen molar-refractivity contribution >= 4 is 34.5 Å². The molecule has 3 rings (SSSR count). The number of aliphatic hydroxyl groups excluding tert-OH is 1. The molecule has 1 aliphatic rings. The minimum absolute atomic E-state index is 0.0340. The predicted octanol–water partition coefficient (Wildman–Crippen LogP) is 5.20. The number of aryl methyl sites for hydroxylation is 2. The van der Waals surface area contributed by atoms with Crippen LogP contribution in [0.4, 0.5) is 5.69 Å². The summed E-state index contributed by atoms with van der Waals surface area (Å²) >= 11 is 1.17. The second kappa shape index (κ2) is 8.35. The molecule has 6 heteroatoms. The lowest BCUT2D eigenvalue weighted by atomic mass is 10.1. The van der Waals surface area contributed by atoms with Crippen molar-refractivity contribution in [3.63, 3.8) is 0 Å².